The summed E-state index contributed by atoms with van der Waals surface area (Å²) < 4.78 is 2.13. The number of hydrogen-bond acceptors (Lipinski definition) is 4. The number of aromatic nitrogens is 3. The van der Waals surface area contributed by atoms with Crippen LogP contribution in [-0.2, 0) is 17.0 Å². The second kappa shape index (κ2) is 11.8. The van der Waals surface area contributed by atoms with Crippen molar-refractivity contribution >= 4 is 29.3 Å². The van der Waals surface area contributed by atoms with Crippen molar-refractivity contribution in [3.63, 3.8) is 0 Å². The first-order chi connectivity index (χ1) is 20.8. The van der Waals surface area contributed by atoms with Gasteiger partial charge in [0.15, 0.2) is 11.0 Å². The normalized spacial score (nSPS) is 24.7. The number of nitrogens with one attached hydrogen (secondary N) is 1. The largest absolute Gasteiger partial charge is 0.345 e. The number of carbonyl (C=O) groups is 1. The zero-order valence-electron chi connectivity index (χ0n) is 24.9. The van der Waals surface area contributed by atoms with Crippen LogP contribution in [0.5, 0.6) is 0 Å². The van der Waals surface area contributed by atoms with Gasteiger partial charge in [0.05, 0.1) is 11.7 Å². The summed E-state index contributed by atoms with van der Waals surface area (Å²) in [6.07, 6.45) is 7.65. The standard InChI is InChI=1S/C36H39ClN4OS/c1-23-7-6-10-26(13-23)22-43-35-40-39-33(41(35)32-18-30(37)12-11-24(32)2)31(17-25-8-4-3-5-9-25)38-34(42)36-19-27-14-28(20-36)16-29(15-27)21-36/h3-13,18,27-29,31H,14-17,19-22H2,1-2H3,(H,38,42). The highest BCUT2D eigenvalue weighted by molar-refractivity contribution is 7.98. The Morgan fingerprint density at radius 3 is 2.33 bits per heavy atom. The van der Waals surface area contributed by atoms with Crippen molar-refractivity contribution in [1.29, 1.82) is 0 Å². The summed E-state index contributed by atoms with van der Waals surface area (Å²) >= 11 is 8.23. The highest BCUT2D eigenvalue weighted by Gasteiger charge is 2.55. The third kappa shape index (κ3) is 5.88. The lowest BCUT2D eigenvalue weighted by Gasteiger charge is -2.55. The van der Waals surface area contributed by atoms with Crippen molar-refractivity contribution in [2.45, 2.75) is 75.7 Å². The van der Waals surface area contributed by atoms with Gasteiger partial charge >= 0.3 is 0 Å². The molecule has 0 radical (unpaired) electrons. The third-order valence-electron chi connectivity index (χ3n) is 9.94. The SMILES string of the molecule is Cc1cccc(CSc2nnc(C(Cc3ccccc3)NC(=O)C34CC5CC(CC(C5)C3)C4)n2-c2cc(Cl)ccc2C)c1. The molecule has 0 saturated heterocycles. The van der Waals surface area contributed by atoms with E-state index in [0.717, 1.165) is 52.8 Å². The van der Waals surface area contributed by atoms with Gasteiger partial charge < -0.3 is 5.32 Å². The van der Waals surface area contributed by atoms with Crippen LogP contribution < -0.4 is 5.32 Å². The van der Waals surface area contributed by atoms with Crippen LogP contribution in [0.15, 0.2) is 78.0 Å². The fourth-order valence-corrected chi connectivity index (χ4v) is 9.42. The maximum atomic E-state index is 14.4. The Kier molecular flexibility index (Phi) is 7.85. The summed E-state index contributed by atoms with van der Waals surface area (Å²) in [4.78, 5) is 14.4. The molecule has 4 aliphatic carbocycles. The molecule has 4 aromatic rings. The predicted molar refractivity (Wildman–Crippen MR) is 173 cm³/mol. The minimum Gasteiger partial charge on any atom is -0.345 e. The fourth-order valence-electron chi connectivity index (χ4n) is 8.36. The molecule has 43 heavy (non-hydrogen) atoms. The van der Waals surface area contributed by atoms with Gasteiger partial charge in [-0.1, -0.05) is 89.6 Å². The van der Waals surface area contributed by atoms with E-state index in [-0.39, 0.29) is 17.4 Å². The minimum atomic E-state index is -0.331. The van der Waals surface area contributed by atoms with Crippen LogP contribution in [-0.4, -0.2) is 20.7 Å². The van der Waals surface area contributed by atoms with Crippen LogP contribution in [0.25, 0.3) is 5.69 Å². The van der Waals surface area contributed by atoms with Crippen LogP contribution in [0.2, 0.25) is 5.02 Å². The van der Waals surface area contributed by atoms with Gasteiger partial charge in [-0.2, -0.15) is 0 Å². The van der Waals surface area contributed by atoms with E-state index in [4.69, 9.17) is 21.8 Å². The molecule has 0 aliphatic heterocycles. The molecule has 1 heterocycles. The van der Waals surface area contributed by atoms with Gasteiger partial charge in [0.1, 0.15) is 0 Å². The highest BCUT2D eigenvalue weighted by Crippen LogP contribution is 2.60. The molecule has 7 heteroatoms. The number of carbonyl (C=O) groups excluding carboxylic acids is 1. The Hall–Kier alpha value is -3.09. The minimum absolute atomic E-state index is 0.207. The van der Waals surface area contributed by atoms with Crippen molar-refractivity contribution < 1.29 is 4.79 Å². The van der Waals surface area contributed by atoms with Gasteiger partial charge in [-0.3, -0.25) is 9.36 Å². The van der Waals surface area contributed by atoms with Gasteiger partial charge in [-0.25, -0.2) is 0 Å². The van der Waals surface area contributed by atoms with Crippen LogP contribution in [0.3, 0.4) is 0 Å². The maximum absolute atomic E-state index is 14.4. The van der Waals surface area contributed by atoms with Gasteiger partial charge in [0.25, 0.3) is 0 Å². The summed E-state index contributed by atoms with van der Waals surface area (Å²) in [5, 5.41) is 14.6. The molecule has 1 aromatic heterocycles. The molecule has 4 fully saturated rings. The van der Waals surface area contributed by atoms with Crippen LogP contribution in [0.4, 0.5) is 0 Å². The molecule has 3 aromatic carbocycles. The molecule has 5 nitrogen and oxygen atoms in total. The molecule has 1 atom stereocenters. The van der Waals surface area contributed by atoms with Gasteiger partial charge in [0.2, 0.25) is 5.91 Å². The number of amides is 1. The molecule has 1 unspecified atom stereocenters. The summed E-state index contributed by atoms with van der Waals surface area (Å²) in [5.74, 6) is 3.83. The van der Waals surface area contributed by atoms with Crippen molar-refractivity contribution in [3.05, 3.63) is 106 Å². The molecule has 0 spiro atoms. The number of nitrogens with zero attached hydrogens (tertiary/aromatic N) is 3. The quantitative estimate of drug-likeness (QED) is 0.193. The number of aryl methyl sites for hydroxylation is 2. The monoisotopic (exact) mass is 610 g/mol. The number of halogens is 1. The lowest BCUT2D eigenvalue weighted by atomic mass is 9.49. The van der Waals surface area contributed by atoms with Crippen LogP contribution >= 0.6 is 23.4 Å². The molecule has 4 bridgehead atoms. The Balaban J connectivity index is 1.27. The molecule has 1 N–H and O–H groups in total. The average molecular weight is 611 g/mol. The number of benzene rings is 3. The van der Waals surface area contributed by atoms with Crippen molar-refractivity contribution in [3.8, 4) is 5.69 Å². The summed E-state index contributed by atoms with van der Waals surface area (Å²) in [5.41, 5.74) is 5.41. The fraction of sp³-hybridized carbons (Fsp3) is 0.417. The molecular weight excluding hydrogens is 572 g/mol. The second-order valence-electron chi connectivity index (χ2n) is 13.3. The zero-order valence-corrected chi connectivity index (χ0v) is 26.5. The number of rotatable bonds is 9. The van der Waals surface area contributed by atoms with Gasteiger partial charge in [0, 0.05) is 16.2 Å². The molecular formula is C36H39ClN4OS. The van der Waals surface area contributed by atoms with Crippen LogP contribution in [0.1, 0.15) is 72.6 Å². The molecule has 1 amide bonds. The maximum Gasteiger partial charge on any atom is 0.226 e. The predicted octanol–water partition coefficient (Wildman–Crippen LogP) is 8.45. The van der Waals surface area contributed by atoms with E-state index in [1.54, 1.807) is 11.8 Å². The van der Waals surface area contributed by atoms with Crippen molar-refractivity contribution in [2.24, 2.45) is 23.2 Å². The lowest BCUT2D eigenvalue weighted by Crippen LogP contribution is -2.54. The van der Waals surface area contributed by atoms with E-state index < -0.39 is 0 Å². The van der Waals surface area contributed by atoms with Crippen molar-refractivity contribution in [2.75, 3.05) is 0 Å². The van der Waals surface area contributed by atoms with E-state index in [1.807, 2.05) is 24.3 Å². The first-order valence-corrected chi connectivity index (χ1v) is 17.0. The molecule has 4 saturated carbocycles. The topological polar surface area (TPSA) is 59.8 Å². The zero-order chi connectivity index (χ0) is 29.6. The summed E-state index contributed by atoms with van der Waals surface area (Å²) in [6, 6.07) is 24.6. The van der Waals surface area contributed by atoms with E-state index in [1.165, 1.54) is 30.4 Å². The first kappa shape index (κ1) is 28.7. The van der Waals surface area contributed by atoms with E-state index in [0.29, 0.717) is 29.2 Å². The Morgan fingerprint density at radius 1 is 0.930 bits per heavy atom. The van der Waals surface area contributed by atoms with Crippen molar-refractivity contribution in [1.82, 2.24) is 20.1 Å². The Bertz CT molecular complexity index is 1600. The van der Waals surface area contributed by atoms with Gasteiger partial charge in [-0.15, -0.1) is 10.2 Å². The van der Waals surface area contributed by atoms with E-state index in [9.17, 15) is 4.79 Å². The summed E-state index contributed by atoms with van der Waals surface area (Å²) in [6.45, 7) is 4.20. The highest BCUT2D eigenvalue weighted by atomic mass is 35.5. The smallest absolute Gasteiger partial charge is 0.226 e. The number of thioether (sulfide) groups is 1. The Labute approximate surface area is 263 Å². The molecule has 4 aliphatic rings. The van der Waals surface area contributed by atoms with E-state index >= 15 is 0 Å². The molecule has 8 rings (SSSR count). The third-order valence-corrected chi connectivity index (χ3v) is 11.2. The van der Waals surface area contributed by atoms with Crippen LogP contribution in [0, 0.1) is 37.0 Å². The first-order valence-electron chi connectivity index (χ1n) is 15.6. The summed E-state index contributed by atoms with van der Waals surface area (Å²) in [7, 11) is 0. The lowest BCUT2D eigenvalue weighted by molar-refractivity contribution is -0.147. The Morgan fingerprint density at radius 2 is 1.63 bits per heavy atom. The molecule has 222 valence electrons. The number of hydrogen-bond donors (Lipinski definition) is 1. The second-order valence-corrected chi connectivity index (χ2v) is 14.7. The van der Waals surface area contributed by atoms with Gasteiger partial charge in [-0.05, 0) is 105 Å². The average Bonchev–Trinajstić information content (AvgIpc) is 3.40. The van der Waals surface area contributed by atoms with E-state index in [2.05, 4.69) is 72.3 Å².